The summed E-state index contributed by atoms with van der Waals surface area (Å²) in [7, 11) is 0. The fourth-order valence-electron chi connectivity index (χ4n) is 2.19. The van der Waals surface area contributed by atoms with Crippen LogP contribution in [0.25, 0.3) is 10.8 Å². The number of fused-ring (bicyclic) bond motifs is 1. The van der Waals surface area contributed by atoms with Gasteiger partial charge < -0.3 is 4.74 Å². The zero-order valence-electron chi connectivity index (χ0n) is 11.3. The highest BCUT2D eigenvalue weighted by Gasteiger charge is 2.32. The first-order valence-electron chi connectivity index (χ1n) is 6.17. The van der Waals surface area contributed by atoms with Gasteiger partial charge in [0, 0.05) is 6.61 Å². The van der Waals surface area contributed by atoms with Crippen LogP contribution >= 0.6 is 0 Å². The fourth-order valence-corrected chi connectivity index (χ4v) is 2.19. The van der Waals surface area contributed by atoms with Gasteiger partial charge in [0.15, 0.2) is 34.9 Å². The van der Waals surface area contributed by atoms with Crippen molar-refractivity contribution in [3.8, 4) is 0 Å². The SMILES string of the molecule is CCOC(C)c1c(F)c(F)c2c(F)c(F)c(F)c(F)c2c1F. The molecule has 2 aromatic carbocycles. The lowest BCUT2D eigenvalue weighted by molar-refractivity contribution is 0.0706. The molecule has 0 aromatic heterocycles. The summed E-state index contributed by atoms with van der Waals surface area (Å²) < 4.78 is 101. The van der Waals surface area contributed by atoms with Crippen LogP contribution in [-0.4, -0.2) is 6.61 Å². The monoisotopic (exact) mass is 326 g/mol. The second-order valence-corrected chi connectivity index (χ2v) is 4.46. The minimum absolute atomic E-state index is 0.00563. The molecule has 0 saturated heterocycles. The van der Waals surface area contributed by atoms with E-state index in [9.17, 15) is 30.7 Å². The molecule has 0 saturated carbocycles. The van der Waals surface area contributed by atoms with E-state index in [1.54, 1.807) is 0 Å². The van der Waals surface area contributed by atoms with Crippen molar-refractivity contribution >= 4 is 10.8 Å². The van der Waals surface area contributed by atoms with Crippen molar-refractivity contribution in [1.29, 1.82) is 0 Å². The first-order valence-corrected chi connectivity index (χ1v) is 6.17. The van der Waals surface area contributed by atoms with E-state index in [1.165, 1.54) is 6.92 Å². The van der Waals surface area contributed by atoms with Crippen molar-refractivity contribution in [1.82, 2.24) is 0 Å². The highest BCUT2D eigenvalue weighted by Crippen LogP contribution is 2.37. The molecule has 0 radical (unpaired) electrons. The lowest BCUT2D eigenvalue weighted by Gasteiger charge is -2.17. The summed E-state index contributed by atoms with van der Waals surface area (Å²) in [4.78, 5) is 0. The Morgan fingerprint density at radius 1 is 0.682 bits per heavy atom. The van der Waals surface area contributed by atoms with Crippen LogP contribution in [0.4, 0.5) is 30.7 Å². The van der Waals surface area contributed by atoms with E-state index in [-0.39, 0.29) is 6.61 Å². The summed E-state index contributed by atoms with van der Waals surface area (Å²) in [6.45, 7) is 2.62. The fraction of sp³-hybridized carbons (Fsp3) is 0.286. The van der Waals surface area contributed by atoms with Crippen molar-refractivity contribution in [2.45, 2.75) is 20.0 Å². The molecule has 0 amide bonds. The third-order valence-corrected chi connectivity index (χ3v) is 3.19. The molecule has 0 fully saturated rings. The van der Waals surface area contributed by atoms with E-state index in [2.05, 4.69) is 0 Å². The van der Waals surface area contributed by atoms with Crippen molar-refractivity contribution in [3.05, 3.63) is 46.3 Å². The molecule has 0 spiro atoms. The van der Waals surface area contributed by atoms with Gasteiger partial charge in [-0.15, -0.1) is 0 Å². The van der Waals surface area contributed by atoms with E-state index in [1.807, 2.05) is 0 Å². The number of benzene rings is 2. The molecular weight excluding hydrogens is 317 g/mol. The van der Waals surface area contributed by atoms with Crippen LogP contribution in [0.1, 0.15) is 25.5 Å². The Kier molecular flexibility index (Phi) is 4.32. The van der Waals surface area contributed by atoms with Crippen molar-refractivity contribution in [2.75, 3.05) is 6.61 Å². The molecular formula is C14H9F7O. The number of halogens is 7. The van der Waals surface area contributed by atoms with E-state index >= 15 is 0 Å². The van der Waals surface area contributed by atoms with Crippen LogP contribution < -0.4 is 0 Å². The average molecular weight is 326 g/mol. The Bertz CT molecular complexity index is 757. The Balaban J connectivity index is 3.01. The molecule has 1 unspecified atom stereocenters. The molecule has 1 nitrogen and oxygen atoms in total. The molecule has 0 heterocycles. The van der Waals surface area contributed by atoms with Crippen LogP contribution in [-0.2, 0) is 4.74 Å². The third-order valence-electron chi connectivity index (χ3n) is 3.19. The Labute approximate surface area is 120 Å². The van der Waals surface area contributed by atoms with Crippen LogP contribution in [0, 0.1) is 40.7 Å². The Morgan fingerprint density at radius 2 is 1.09 bits per heavy atom. The van der Waals surface area contributed by atoms with Gasteiger partial charge in [-0.1, -0.05) is 0 Å². The number of hydrogen-bond donors (Lipinski definition) is 0. The minimum atomic E-state index is -2.35. The van der Waals surface area contributed by atoms with E-state index in [0.29, 0.717) is 0 Å². The standard InChI is InChI=1S/C14H9F7O/c1-3-22-4(2)5-8(15)6-7(10(17)9(5)16)12(19)14(21)13(20)11(6)18/h4H,3H2,1-2H3. The zero-order chi connectivity index (χ0) is 16.8. The summed E-state index contributed by atoms with van der Waals surface area (Å²) in [5.74, 6) is -14.6. The summed E-state index contributed by atoms with van der Waals surface area (Å²) in [5.41, 5.74) is -1.03. The Morgan fingerprint density at radius 3 is 1.55 bits per heavy atom. The van der Waals surface area contributed by atoms with Gasteiger partial charge in [0.25, 0.3) is 0 Å². The van der Waals surface area contributed by atoms with E-state index < -0.39 is 63.2 Å². The highest BCUT2D eigenvalue weighted by molar-refractivity contribution is 5.86. The van der Waals surface area contributed by atoms with Crippen LogP contribution in [0.3, 0.4) is 0 Å². The maximum Gasteiger partial charge on any atom is 0.198 e. The van der Waals surface area contributed by atoms with E-state index in [4.69, 9.17) is 4.74 Å². The number of rotatable bonds is 3. The first-order chi connectivity index (χ1) is 10.2. The van der Waals surface area contributed by atoms with Crippen molar-refractivity contribution < 1.29 is 35.5 Å². The number of hydrogen-bond acceptors (Lipinski definition) is 1. The van der Waals surface area contributed by atoms with Gasteiger partial charge in [-0.2, -0.15) is 0 Å². The van der Waals surface area contributed by atoms with Crippen molar-refractivity contribution in [3.63, 3.8) is 0 Å². The summed E-state index contributed by atoms with van der Waals surface area (Å²) in [6.07, 6.45) is -1.35. The van der Waals surface area contributed by atoms with Gasteiger partial charge in [0.1, 0.15) is 5.82 Å². The molecule has 1 atom stereocenters. The normalized spacial score (nSPS) is 13.0. The van der Waals surface area contributed by atoms with E-state index in [0.717, 1.165) is 6.92 Å². The third kappa shape index (κ3) is 2.22. The molecule has 0 aliphatic heterocycles. The van der Waals surface area contributed by atoms with Gasteiger partial charge in [-0.3, -0.25) is 0 Å². The molecule has 8 heteroatoms. The molecule has 0 aliphatic rings. The summed E-state index contributed by atoms with van der Waals surface area (Å²) in [5, 5.41) is -3.13. The average Bonchev–Trinajstić information content (AvgIpc) is 2.47. The zero-order valence-corrected chi connectivity index (χ0v) is 11.3. The molecule has 22 heavy (non-hydrogen) atoms. The molecule has 2 rings (SSSR count). The van der Waals surface area contributed by atoms with Crippen molar-refractivity contribution in [2.24, 2.45) is 0 Å². The minimum Gasteiger partial charge on any atom is -0.374 e. The molecule has 0 bridgehead atoms. The van der Waals surface area contributed by atoms with Crippen LogP contribution in [0.5, 0.6) is 0 Å². The second-order valence-electron chi connectivity index (χ2n) is 4.46. The molecule has 0 N–H and O–H groups in total. The smallest absolute Gasteiger partial charge is 0.198 e. The predicted octanol–water partition coefficient (Wildman–Crippen LogP) is 4.91. The largest absolute Gasteiger partial charge is 0.374 e. The molecule has 120 valence electrons. The lowest BCUT2D eigenvalue weighted by Crippen LogP contribution is -2.11. The number of ether oxygens (including phenoxy) is 1. The summed E-state index contributed by atoms with van der Waals surface area (Å²) in [6, 6.07) is 0. The van der Waals surface area contributed by atoms with Gasteiger partial charge in [-0.25, -0.2) is 30.7 Å². The predicted molar refractivity (Wildman–Crippen MR) is 63.7 cm³/mol. The van der Waals surface area contributed by atoms with Gasteiger partial charge in [0.2, 0.25) is 0 Å². The quantitative estimate of drug-likeness (QED) is 0.442. The first kappa shape index (κ1) is 16.5. The maximum absolute atomic E-state index is 14.3. The van der Waals surface area contributed by atoms with Crippen LogP contribution in [0.2, 0.25) is 0 Å². The summed E-state index contributed by atoms with van der Waals surface area (Å²) >= 11 is 0. The lowest BCUT2D eigenvalue weighted by atomic mass is 10.00. The van der Waals surface area contributed by atoms with Crippen LogP contribution in [0.15, 0.2) is 0 Å². The van der Waals surface area contributed by atoms with Gasteiger partial charge in [0.05, 0.1) is 22.4 Å². The van der Waals surface area contributed by atoms with Gasteiger partial charge >= 0.3 is 0 Å². The maximum atomic E-state index is 14.3. The molecule has 0 aliphatic carbocycles. The highest BCUT2D eigenvalue weighted by atomic mass is 19.2. The topological polar surface area (TPSA) is 9.23 Å². The second kappa shape index (κ2) is 5.75. The van der Waals surface area contributed by atoms with Gasteiger partial charge in [-0.05, 0) is 13.8 Å². The molecule has 2 aromatic rings. The Hall–Kier alpha value is -1.83.